The van der Waals surface area contributed by atoms with Crippen molar-refractivity contribution in [3.05, 3.63) is 96.3 Å². The molecule has 5 rings (SSSR count). The van der Waals surface area contributed by atoms with Crippen LogP contribution in [0.15, 0.2) is 85.2 Å². The van der Waals surface area contributed by atoms with Gasteiger partial charge in [0.2, 0.25) is 5.91 Å². The molecule has 29 heavy (non-hydrogen) atoms. The summed E-state index contributed by atoms with van der Waals surface area (Å²) in [4.78, 5) is 38.0. The molecule has 2 aromatic carbocycles. The molecule has 1 aromatic heterocycles. The minimum Gasteiger partial charge on any atom is -0.275 e. The van der Waals surface area contributed by atoms with Gasteiger partial charge in [0.1, 0.15) is 5.92 Å². The molecule has 2 saturated heterocycles. The van der Waals surface area contributed by atoms with E-state index in [9.17, 15) is 9.59 Å². The lowest BCUT2D eigenvalue weighted by Gasteiger charge is -2.28. The first-order valence-corrected chi connectivity index (χ1v) is 9.54. The monoisotopic (exact) mass is 385 g/mol. The van der Waals surface area contributed by atoms with E-state index >= 15 is 0 Å². The van der Waals surface area contributed by atoms with Gasteiger partial charge in [0, 0.05) is 12.4 Å². The summed E-state index contributed by atoms with van der Waals surface area (Å²) in [6.07, 6.45) is 2.58. The van der Waals surface area contributed by atoms with Gasteiger partial charge in [-0.05, 0) is 29.3 Å². The van der Waals surface area contributed by atoms with Crippen molar-refractivity contribution in [3.8, 4) is 0 Å². The van der Waals surface area contributed by atoms with Gasteiger partial charge >= 0.3 is 0 Å². The number of aromatic nitrogens is 1. The second-order valence-electron chi connectivity index (χ2n) is 7.19. The third-order valence-electron chi connectivity index (χ3n) is 5.43. The minimum atomic E-state index is -0.836. The number of fused-ring (bicyclic) bond motifs is 1. The highest BCUT2D eigenvalue weighted by molar-refractivity contribution is 6.07. The molecule has 144 valence electrons. The number of hydroxylamine groups is 1. The van der Waals surface area contributed by atoms with Crippen LogP contribution < -0.4 is 5.06 Å². The Morgan fingerprint density at radius 2 is 1.59 bits per heavy atom. The maximum Gasteiger partial charge on any atom is 0.262 e. The van der Waals surface area contributed by atoms with Crippen molar-refractivity contribution in [1.29, 1.82) is 0 Å². The molecule has 6 nitrogen and oxygen atoms in total. The third kappa shape index (κ3) is 2.98. The summed E-state index contributed by atoms with van der Waals surface area (Å²) in [5, 5.41) is 1.68. The van der Waals surface area contributed by atoms with E-state index in [1.807, 2.05) is 72.8 Å². The zero-order chi connectivity index (χ0) is 19.8. The van der Waals surface area contributed by atoms with Gasteiger partial charge in [0.05, 0.1) is 18.3 Å². The molecular formula is C23H19N3O3. The zero-order valence-electron chi connectivity index (χ0n) is 15.6. The molecule has 3 heterocycles. The Kier molecular flexibility index (Phi) is 4.33. The topological polar surface area (TPSA) is 62.7 Å². The van der Waals surface area contributed by atoms with E-state index in [4.69, 9.17) is 4.84 Å². The summed E-state index contributed by atoms with van der Waals surface area (Å²) < 4.78 is 0. The van der Waals surface area contributed by atoms with E-state index in [0.717, 1.165) is 16.8 Å². The van der Waals surface area contributed by atoms with Crippen molar-refractivity contribution < 1.29 is 14.4 Å². The van der Waals surface area contributed by atoms with E-state index in [0.29, 0.717) is 0 Å². The van der Waals surface area contributed by atoms with Crippen LogP contribution in [-0.4, -0.2) is 27.8 Å². The Labute approximate surface area is 168 Å². The molecule has 0 aliphatic carbocycles. The van der Waals surface area contributed by atoms with E-state index in [1.54, 1.807) is 17.5 Å². The fourth-order valence-corrected chi connectivity index (χ4v) is 4.08. The largest absolute Gasteiger partial charge is 0.275 e. The van der Waals surface area contributed by atoms with Gasteiger partial charge in [-0.2, -0.15) is 0 Å². The molecule has 2 aliphatic rings. The predicted molar refractivity (Wildman–Crippen MR) is 106 cm³/mol. The Balaban J connectivity index is 1.52. The van der Waals surface area contributed by atoms with Gasteiger partial charge in [-0.25, -0.2) is 5.06 Å². The highest BCUT2D eigenvalue weighted by atomic mass is 16.7. The SMILES string of the molecule is O=C1[C@H]2[C@@H](ON(c3ccccc3)[C@H]2c2cccnc2)C(=O)N1Cc1ccccc1. The number of likely N-dealkylation sites (tertiary alicyclic amines) is 1. The highest BCUT2D eigenvalue weighted by Gasteiger charge is 2.59. The number of anilines is 1. The molecule has 3 atom stereocenters. The maximum absolute atomic E-state index is 13.3. The number of imide groups is 1. The van der Waals surface area contributed by atoms with Crippen molar-refractivity contribution in [2.45, 2.75) is 18.7 Å². The fraction of sp³-hybridized carbons (Fsp3) is 0.174. The van der Waals surface area contributed by atoms with Gasteiger partial charge in [0.25, 0.3) is 5.91 Å². The average molecular weight is 385 g/mol. The molecule has 3 aromatic rings. The van der Waals surface area contributed by atoms with Gasteiger partial charge in [-0.15, -0.1) is 0 Å². The number of pyridine rings is 1. The van der Waals surface area contributed by atoms with Crippen molar-refractivity contribution in [2.24, 2.45) is 5.92 Å². The van der Waals surface area contributed by atoms with Crippen LogP contribution in [0.3, 0.4) is 0 Å². The number of rotatable bonds is 4. The molecule has 2 aliphatic heterocycles. The summed E-state index contributed by atoms with van der Waals surface area (Å²) >= 11 is 0. The fourth-order valence-electron chi connectivity index (χ4n) is 4.08. The molecule has 2 amide bonds. The van der Waals surface area contributed by atoms with Crippen LogP contribution in [0.2, 0.25) is 0 Å². The second-order valence-corrected chi connectivity index (χ2v) is 7.19. The van der Waals surface area contributed by atoms with Crippen LogP contribution in [0.25, 0.3) is 0 Å². The number of para-hydroxylation sites is 1. The van der Waals surface area contributed by atoms with Gasteiger partial charge in [0.15, 0.2) is 6.10 Å². The van der Waals surface area contributed by atoms with Crippen molar-refractivity contribution in [1.82, 2.24) is 9.88 Å². The van der Waals surface area contributed by atoms with Crippen LogP contribution in [0.1, 0.15) is 17.2 Å². The Morgan fingerprint density at radius 1 is 0.862 bits per heavy atom. The van der Waals surface area contributed by atoms with E-state index in [2.05, 4.69) is 4.98 Å². The lowest BCUT2D eigenvalue weighted by Crippen LogP contribution is -2.36. The Hall–Kier alpha value is -3.51. The number of hydrogen-bond acceptors (Lipinski definition) is 5. The lowest BCUT2D eigenvalue weighted by atomic mass is 9.91. The van der Waals surface area contributed by atoms with Crippen molar-refractivity contribution in [3.63, 3.8) is 0 Å². The summed E-state index contributed by atoms with van der Waals surface area (Å²) in [6, 6.07) is 22.4. The van der Waals surface area contributed by atoms with Crippen LogP contribution in [-0.2, 0) is 21.0 Å². The summed E-state index contributed by atoms with van der Waals surface area (Å²) in [5.41, 5.74) is 2.55. The number of nitrogens with zero attached hydrogens (tertiary/aromatic N) is 3. The van der Waals surface area contributed by atoms with Gasteiger partial charge in [-0.3, -0.25) is 24.3 Å². The minimum absolute atomic E-state index is 0.212. The molecule has 0 unspecified atom stereocenters. The Bertz CT molecular complexity index is 1030. The first-order chi connectivity index (χ1) is 14.2. The summed E-state index contributed by atoms with van der Waals surface area (Å²) in [6.45, 7) is 0.250. The second kappa shape index (κ2) is 7.14. The highest BCUT2D eigenvalue weighted by Crippen LogP contribution is 2.46. The van der Waals surface area contributed by atoms with Crippen molar-refractivity contribution in [2.75, 3.05) is 5.06 Å². The predicted octanol–water partition coefficient (Wildman–Crippen LogP) is 3.13. The first kappa shape index (κ1) is 17.6. The smallest absolute Gasteiger partial charge is 0.262 e. The summed E-state index contributed by atoms with van der Waals surface area (Å²) in [5.74, 6) is -1.12. The van der Waals surface area contributed by atoms with Crippen LogP contribution in [0.5, 0.6) is 0 Å². The number of carbonyl (C=O) groups excluding carboxylic acids is 2. The molecule has 0 bridgehead atoms. The van der Waals surface area contributed by atoms with E-state index in [-0.39, 0.29) is 18.4 Å². The normalized spacial score (nSPS) is 23.5. The van der Waals surface area contributed by atoms with Crippen LogP contribution in [0, 0.1) is 5.92 Å². The molecule has 0 N–H and O–H groups in total. The average Bonchev–Trinajstić information content (AvgIpc) is 3.28. The van der Waals surface area contributed by atoms with Crippen LogP contribution >= 0.6 is 0 Å². The lowest BCUT2D eigenvalue weighted by molar-refractivity contribution is -0.143. The zero-order valence-corrected chi connectivity index (χ0v) is 15.6. The number of hydrogen-bond donors (Lipinski definition) is 0. The molecule has 0 saturated carbocycles. The molecule has 0 spiro atoms. The first-order valence-electron chi connectivity index (χ1n) is 9.54. The quantitative estimate of drug-likeness (QED) is 0.646. The van der Waals surface area contributed by atoms with Gasteiger partial charge < -0.3 is 0 Å². The molecule has 0 radical (unpaired) electrons. The maximum atomic E-state index is 13.3. The Morgan fingerprint density at radius 3 is 2.28 bits per heavy atom. The number of amides is 2. The van der Waals surface area contributed by atoms with Crippen LogP contribution in [0.4, 0.5) is 5.69 Å². The number of benzene rings is 2. The van der Waals surface area contributed by atoms with E-state index in [1.165, 1.54) is 4.90 Å². The third-order valence-corrected chi connectivity index (χ3v) is 5.43. The molecule has 6 heteroatoms. The molecule has 2 fully saturated rings. The van der Waals surface area contributed by atoms with E-state index < -0.39 is 18.1 Å². The summed E-state index contributed by atoms with van der Waals surface area (Å²) in [7, 11) is 0. The standard InChI is InChI=1S/C23H19N3O3/c27-22-19-20(17-10-7-13-24-14-17)26(18-11-5-2-6-12-18)29-21(19)23(28)25(22)15-16-8-3-1-4-9-16/h1-14,19-21H,15H2/t19-,20+,21-/m1/s1. The number of carbonyl (C=O) groups is 2. The molecular weight excluding hydrogens is 366 g/mol. The van der Waals surface area contributed by atoms with Gasteiger partial charge in [-0.1, -0.05) is 54.6 Å². The van der Waals surface area contributed by atoms with Crippen molar-refractivity contribution >= 4 is 17.5 Å².